The smallest absolute Gasteiger partial charge is 0.162 e. The third-order valence-electron chi connectivity index (χ3n) is 3.53. The highest BCUT2D eigenvalue weighted by Crippen LogP contribution is 2.34. The van der Waals surface area contributed by atoms with Crippen LogP contribution >= 0.6 is 27.5 Å². The molecule has 5 heteroatoms. The number of rotatable bonds is 8. The zero-order chi connectivity index (χ0) is 17.5. The first-order valence-electron chi connectivity index (χ1n) is 8.13. The van der Waals surface area contributed by atoms with E-state index >= 15 is 0 Å². The van der Waals surface area contributed by atoms with Crippen LogP contribution in [0.5, 0.6) is 11.5 Å². The second-order valence-electron chi connectivity index (χ2n) is 5.49. The summed E-state index contributed by atoms with van der Waals surface area (Å²) in [6.07, 6.45) is 0.959. The molecule has 1 N–H and O–H groups in total. The lowest BCUT2D eigenvalue weighted by Gasteiger charge is -2.15. The molecule has 130 valence electrons. The Bertz CT molecular complexity index is 691. The minimum atomic E-state index is 0.602. The molecule has 3 nitrogen and oxygen atoms in total. The molecule has 0 aliphatic heterocycles. The van der Waals surface area contributed by atoms with Gasteiger partial charge >= 0.3 is 0 Å². The van der Waals surface area contributed by atoms with Gasteiger partial charge in [0.25, 0.3) is 0 Å². The van der Waals surface area contributed by atoms with E-state index in [1.807, 2.05) is 44.2 Å². The number of benzene rings is 2. The van der Waals surface area contributed by atoms with Gasteiger partial charge in [0.05, 0.1) is 13.2 Å². The van der Waals surface area contributed by atoms with Gasteiger partial charge in [0.15, 0.2) is 11.5 Å². The molecule has 0 aliphatic rings. The van der Waals surface area contributed by atoms with Crippen molar-refractivity contribution in [1.82, 2.24) is 0 Å². The third-order valence-corrected chi connectivity index (χ3v) is 4.67. The van der Waals surface area contributed by atoms with Crippen molar-refractivity contribution in [2.24, 2.45) is 0 Å². The van der Waals surface area contributed by atoms with Crippen LogP contribution in [0.4, 0.5) is 5.69 Å². The van der Waals surface area contributed by atoms with Gasteiger partial charge in [-0.15, -0.1) is 0 Å². The number of nitrogens with one attached hydrogen (secondary N) is 1. The van der Waals surface area contributed by atoms with E-state index in [4.69, 9.17) is 21.1 Å². The first kappa shape index (κ1) is 18.9. The molecule has 2 rings (SSSR count). The van der Waals surface area contributed by atoms with Crippen molar-refractivity contribution in [3.63, 3.8) is 0 Å². The van der Waals surface area contributed by atoms with Crippen molar-refractivity contribution in [2.75, 3.05) is 18.5 Å². The molecule has 0 saturated heterocycles. The summed E-state index contributed by atoms with van der Waals surface area (Å²) in [6.45, 7) is 7.98. The lowest BCUT2D eigenvalue weighted by Crippen LogP contribution is -2.04. The molecule has 24 heavy (non-hydrogen) atoms. The van der Waals surface area contributed by atoms with Gasteiger partial charge in [0.1, 0.15) is 0 Å². The molecule has 0 radical (unpaired) electrons. The maximum atomic E-state index is 6.18. The molecule has 0 heterocycles. The Morgan fingerprint density at radius 2 is 1.83 bits per heavy atom. The largest absolute Gasteiger partial charge is 0.490 e. The zero-order valence-corrected chi connectivity index (χ0v) is 16.6. The average molecular weight is 413 g/mol. The summed E-state index contributed by atoms with van der Waals surface area (Å²) < 4.78 is 12.5. The molecular weight excluding hydrogens is 390 g/mol. The molecular formula is C19H23BrClNO2. The number of anilines is 1. The van der Waals surface area contributed by atoms with Crippen molar-refractivity contribution in [2.45, 2.75) is 33.7 Å². The number of halogens is 2. The van der Waals surface area contributed by atoms with Gasteiger partial charge in [-0.3, -0.25) is 0 Å². The minimum Gasteiger partial charge on any atom is -0.490 e. The van der Waals surface area contributed by atoms with Crippen molar-refractivity contribution in [1.29, 1.82) is 0 Å². The Morgan fingerprint density at radius 3 is 2.50 bits per heavy atom. The lowest BCUT2D eigenvalue weighted by molar-refractivity contribution is 0.276. The summed E-state index contributed by atoms with van der Waals surface area (Å²) in [5.74, 6) is 1.54. The standard InChI is InChI=1S/C19H23BrClNO2/c1-4-8-24-19-11-16(20)14(9-18(19)23-5-2)12-22-15-7-6-13(3)17(21)10-15/h6-7,9-11,22H,4-5,8,12H2,1-3H3. The van der Waals surface area contributed by atoms with Crippen LogP contribution in [0.25, 0.3) is 0 Å². The first-order valence-corrected chi connectivity index (χ1v) is 9.30. The predicted molar refractivity (Wildman–Crippen MR) is 105 cm³/mol. The van der Waals surface area contributed by atoms with Gasteiger partial charge in [-0.05, 0) is 55.7 Å². The fraction of sp³-hybridized carbons (Fsp3) is 0.368. The molecule has 0 aliphatic carbocycles. The lowest BCUT2D eigenvalue weighted by atomic mass is 10.2. The highest BCUT2D eigenvalue weighted by atomic mass is 79.9. The normalized spacial score (nSPS) is 10.5. The molecule has 2 aromatic carbocycles. The molecule has 2 aromatic rings. The number of hydrogen-bond acceptors (Lipinski definition) is 3. The summed E-state index contributed by atoms with van der Waals surface area (Å²) in [5, 5.41) is 4.15. The van der Waals surface area contributed by atoms with Crippen LogP contribution < -0.4 is 14.8 Å². The maximum absolute atomic E-state index is 6.18. The number of ether oxygens (including phenoxy) is 2. The van der Waals surface area contributed by atoms with Crippen molar-refractivity contribution >= 4 is 33.2 Å². The Labute approximate surface area is 157 Å². The highest BCUT2D eigenvalue weighted by Gasteiger charge is 2.11. The van der Waals surface area contributed by atoms with E-state index in [9.17, 15) is 0 Å². The van der Waals surface area contributed by atoms with E-state index in [-0.39, 0.29) is 0 Å². The van der Waals surface area contributed by atoms with E-state index in [1.54, 1.807) is 0 Å². The fourth-order valence-electron chi connectivity index (χ4n) is 2.21. The van der Waals surface area contributed by atoms with E-state index in [0.29, 0.717) is 19.8 Å². The number of aryl methyl sites for hydroxylation is 1. The molecule has 0 spiro atoms. The quantitative estimate of drug-likeness (QED) is 0.559. The van der Waals surface area contributed by atoms with Crippen LogP contribution in [0.2, 0.25) is 5.02 Å². The summed E-state index contributed by atoms with van der Waals surface area (Å²) >= 11 is 9.80. The first-order chi connectivity index (χ1) is 11.5. The summed E-state index contributed by atoms with van der Waals surface area (Å²) in [5.41, 5.74) is 3.15. The highest BCUT2D eigenvalue weighted by molar-refractivity contribution is 9.10. The maximum Gasteiger partial charge on any atom is 0.162 e. The zero-order valence-electron chi connectivity index (χ0n) is 14.3. The SMILES string of the molecule is CCCOc1cc(Br)c(CNc2ccc(C)c(Cl)c2)cc1OCC. The van der Waals surface area contributed by atoms with Crippen LogP contribution in [0.15, 0.2) is 34.8 Å². The van der Waals surface area contributed by atoms with Crippen LogP contribution in [0.1, 0.15) is 31.4 Å². The summed E-state index contributed by atoms with van der Waals surface area (Å²) in [6, 6.07) is 9.96. The van der Waals surface area contributed by atoms with Crippen LogP contribution in [-0.2, 0) is 6.54 Å². The van der Waals surface area contributed by atoms with Gasteiger partial charge in [-0.2, -0.15) is 0 Å². The van der Waals surface area contributed by atoms with Gasteiger partial charge in [0.2, 0.25) is 0 Å². The molecule has 0 atom stereocenters. The van der Waals surface area contributed by atoms with Crippen LogP contribution in [0, 0.1) is 6.92 Å². The predicted octanol–water partition coefficient (Wildman–Crippen LogP) is 6.21. The van der Waals surface area contributed by atoms with Crippen molar-refractivity contribution in [3.8, 4) is 11.5 Å². The Morgan fingerprint density at radius 1 is 1.08 bits per heavy atom. The van der Waals surface area contributed by atoms with Gasteiger partial charge in [-0.1, -0.05) is 40.5 Å². The van der Waals surface area contributed by atoms with Crippen molar-refractivity contribution in [3.05, 3.63) is 51.0 Å². The van der Waals surface area contributed by atoms with Gasteiger partial charge < -0.3 is 14.8 Å². The minimum absolute atomic E-state index is 0.602. The Kier molecular flexibility index (Phi) is 7.25. The summed E-state index contributed by atoms with van der Waals surface area (Å²) in [4.78, 5) is 0. The molecule has 0 fully saturated rings. The van der Waals surface area contributed by atoms with Crippen LogP contribution in [-0.4, -0.2) is 13.2 Å². The van der Waals surface area contributed by atoms with Gasteiger partial charge in [0, 0.05) is 21.7 Å². The Balaban J connectivity index is 2.16. The Hall–Kier alpha value is -1.39. The van der Waals surface area contributed by atoms with E-state index < -0.39 is 0 Å². The van der Waals surface area contributed by atoms with E-state index in [2.05, 4.69) is 28.2 Å². The molecule has 0 unspecified atom stereocenters. The summed E-state index contributed by atoms with van der Waals surface area (Å²) in [7, 11) is 0. The average Bonchev–Trinajstić information content (AvgIpc) is 2.56. The topological polar surface area (TPSA) is 30.5 Å². The van der Waals surface area contributed by atoms with E-state index in [0.717, 1.165) is 44.2 Å². The van der Waals surface area contributed by atoms with Gasteiger partial charge in [-0.25, -0.2) is 0 Å². The van der Waals surface area contributed by atoms with Crippen LogP contribution in [0.3, 0.4) is 0 Å². The number of hydrogen-bond donors (Lipinski definition) is 1. The molecule has 0 amide bonds. The second kappa shape index (κ2) is 9.19. The van der Waals surface area contributed by atoms with Crippen molar-refractivity contribution < 1.29 is 9.47 Å². The fourth-order valence-corrected chi connectivity index (χ4v) is 2.85. The molecule has 0 saturated carbocycles. The molecule has 0 bridgehead atoms. The second-order valence-corrected chi connectivity index (χ2v) is 6.75. The third kappa shape index (κ3) is 5.05. The monoisotopic (exact) mass is 411 g/mol. The van der Waals surface area contributed by atoms with E-state index in [1.165, 1.54) is 0 Å². The molecule has 0 aromatic heterocycles.